The number of hydrogen-bond donors (Lipinski definition) is 2. The molecule has 1 atom stereocenters. The van der Waals surface area contributed by atoms with Crippen LogP contribution in [-0.2, 0) is 14.6 Å². The van der Waals surface area contributed by atoms with E-state index >= 15 is 0 Å². The summed E-state index contributed by atoms with van der Waals surface area (Å²) in [5.74, 6) is 0.342. The fourth-order valence-corrected chi connectivity index (χ4v) is 5.09. The van der Waals surface area contributed by atoms with Crippen LogP contribution < -0.4 is 10.6 Å². The molecule has 19 heavy (non-hydrogen) atoms. The summed E-state index contributed by atoms with van der Waals surface area (Å²) in [4.78, 5) is 11.8. The molecule has 2 rings (SSSR count). The Balaban J connectivity index is 1.74. The van der Waals surface area contributed by atoms with Gasteiger partial charge in [-0.3, -0.25) is 4.79 Å². The molecule has 2 aliphatic rings. The molecule has 2 fully saturated rings. The van der Waals surface area contributed by atoms with Crippen molar-refractivity contribution in [2.75, 3.05) is 18.1 Å². The monoisotopic (exact) mass is 288 g/mol. The van der Waals surface area contributed by atoms with Crippen LogP contribution in [0.25, 0.3) is 0 Å². The van der Waals surface area contributed by atoms with Gasteiger partial charge in [-0.2, -0.15) is 0 Å². The minimum absolute atomic E-state index is 0.0163. The van der Waals surface area contributed by atoms with Gasteiger partial charge in [0.25, 0.3) is 0 Å². The summed E-state index contributed by atoms with van der Waals surface area (Å²) in [5, 5.41) is 6.14. The maximum atomic E-state index is 11.8. The van der Waals surface area contributed by atoms with Crippen molar-refractivity contribution in [1.82, 2.24) is 10.6 Å². The Hall–Kier alpha value is -0.620. The second-order valence-electron chi connectivity index (χ2n) is 6.16. The molecule has 1 heterocycles. The van der Waals surface area contributed by atoms with Crippen LogP contribution in [0.1, 0.15) is 45.4 Å². The van der Waals surface area contributed by atoms with Gasteiger partial charge in [0.1, 0.15) is 0 Å². The van der Waals surface area contributed by atoms with Crippen molar-refractivity contribution in [3.8, 4) is 0 Å². The normalized spacial score (nSPS) is 31.2. The number of sulfone groups is 1. The lowest BCUT2D eigenvalue weighted by Gasteiger charge is -2.26. The molecular formula is C13H24N2O3S. The maximum Gasteiger partial charge on any atom is 0.234 e. The first-order valence-corrected chi connectivity index (χ1v) is 8.96. The van der Waals surface area contributed by atoms with Crippen LogP contribution in [0.4, 0.5) is 0 Å². The molecule has 1 amide bonds. The smallest absolute Gasteiger partial charge is 0.234 e. The van der Waals surface area contributed by atoms with Gasteiger partial charge < -0.3 is 10.6 Å². The van der Waals surface area contributed by atoms with Crippen molar-refractivity contribution in [2.45, 2.75) is 57.0 Å². The molecule has 0 aromatic carbocycles. The molecule has 6 heteroatoms. The Kier molecular flexibility index (Phi) is 4.50. The van der Waals surface area contributed by atoms with E-state index in [9.17, 15) is 13.2 Å². The molecule has 1 aliphatic heterocycles. The second-order valence-corrected chi connectivity index (χ2v) is 8.34. The van der Waals surface area contributed by atoms with Crippen LogP contribution in [0.3, 0.4) is 0 Å². The fourth-order valence-electron chi connectivity index (χ4n) is 2.97. The van der Waals surface area contributed by atoms with Crippen molar-refractivity contribution in [3.63, 3.8) is 0 Å². The highest BCUT2D eigenvalue weighted by Crippen LogP contribution is 2.22. The van der Waals surface area contributed by atoms with Crippen molar-refractivity contribution in [1.29, 1.82) is 0 Å². The molecular weight excluding hydrogens is 264 g/mol. The van der Waals surface area contributed by atoms with Crippen LogP contribution in [-0.4, -0.2) is 44.0 Å². The quantitative estimate of drug-likeness (QED) is 0.794. The van der Waals surface area contributed by atoms with Crippen LogP contribution >= 0.6 is 0 Å². The van der Waals surface area contributed by atoms with Crippen LogP contribution in [0.2, 0.25) is 0 Å². The van der Waals surface area contributed by atoms with Gasteiger partial charge in [0.15, 0.2) is 9.84 Å². The molecule has 1 aliphatic carbocycles. The molecule has 5 nitrogen and oxygen atoms in total. The summed E-state index contributed by atoms with van der Waals surface area (Å²) in [5.41, 5.74) is -0.442. The van der Waals surface area contributed by atoms with Crippen molar-refractivity contribution in [3.05, 3.63) is 0 Å². The minimum atomic E-state index is -2.92. The third kappa shape index (κ3) is 4.45. The molecule has 0 spiro atoms. The van der Waals surface area contributed by atoms with Crippen LogP contribution in [0, 0.1) is 0 Å². The Labute approximate surface area is 115 Å². The third-order valence-electron chi connectivity index (χ3n) is 4.15. The zero-order valence-electron chi connectivity index (χ0n) is 11.6. The summed E-state index contributed by atoms with van der Waals surface area (Å²) < 4.78 is 22.9. The van der Waals surface area contributed by atoms with E-state index < -0.39 is 15.4 Å². The molecule has 0 radical (unpaired) electrons. The van der Waals surface area contributed by atoms with E-state index in [0.717, 1.165) is 12.8 Å². The van der Waals surface area contributed by atoms with E-state index in [2.05, 4.69) is 10.6 Å². The first kappa shape index (κ1) is 14.8. The molecule has 1 saturated carbocycles. The summed E-state index contributed by atoms with van der Waals surface area (Å²) in [7, 11) is -2.92. The Morgan fingerprint density at radius 1 is 1.26 bits per heavy atom. The number of carbonyl (C=O) groups excluding carboxylic acids is 1. The highest BCUT2D eigenvalue weighted by molar-refractivity contribution is 7.91. The molecule has 1 unspecified atom stereocenters. The predicted molar refractivity (Wildman–Crippen MR) is 74.7 cm³/mol. The van der Waals surface area contributed by atoms with E-state index in [-0.39, 0.29) is 24.0 Å². The van der Waals surface area contributed by atoms with Crippen LogP contribution in [0.15, 0.2) is 0 Å². The Bertz CT molecular complexity index is 429. The molecule has 0 aromatic rings. The van der Waals surface area contributed by atoms with Gasteiger partial charge in [-0.1, -0.05) is 19.3 Å². The predicted octanol–water partition coefficient (Wildman–Crippen LogP) is 0.602. The summed E-state index contributed by atoms with van der Waals surface area (Å²) >= 11 is 0. The largest absolute Gasteiger partial charge is 0.352 e. The molecule has 1 saturated heterocycles. The molecule has 110 valence electrons. The van der Waals surface area contributed by atoms with Gasteiger partial charge in [-0.05, 0) is 26.2 Å². The van der Waals surface area contributed by atoms with Crippen molar-refractivity contribution in [2.24, 2.45) is 0 Å². The standard InChI is InChI=1S/C13H24N2O3S/c1-13(7-8-19(17,18)10-13)14-9-12(16)15-11-5-3-2-4-6-11/h11,14H,2-10H2,1H3,(H,15,16). The lowest BCUT2D eigenvalue weighted by atomic mass is 9.95. The van der Waals surface area contributed by atoms with Gasteiger partial charge >= 0.3 is 0 Å². The Morgan fingerprint density at radius 2 is 1.95 bits per heavy atom. The van der Waals surface area contributed by atoms with E-state index in [1.807, 2.05) is 6.92 Å². The summed E-state index contributed by atoms with van der Waals surface area (Å²) in [6.07, 6.45) is 6.37. The molecule has 0 aromatic heterocycles. The van der Waals surface area contributed by atoms with Gasteiger partial charge in [0, 0.05) is 11.6 Å². The van der Waals surface area contributed by atoms with Gasteiger partial charge in [0.2, 0.25) is 5.91 Å². The van der Waals surface area contributed by atoms with E-state index in [0.29, 0.717) is 12.5 Å². The molecule has 0 bridgehead atoms. The zero-order valence-corrected chi connectivity index (χ0v) is 12.4. The first-order chi connectivity index (χ1) is 8.89. The minimum Gasteiger partial charge on any atom is -0.352 e. The van der Waals surface area contributed by atoms with Gasteiger partial charge in [0.05, 0.1) is 18.1 Å². The highest BCUT2D eigenvalue weighted by Gasteiger charge is 2.38. The average molecular weight is 288 g/mol. The fraction of sp³-hybridized carbons (Fsp3) is 0.923. The summed E-state index contributed by atoms with van der Waals surface area (Å²) in [6, 6.07) is 0.308. The topological polar surface area (TPSA) is 75.3 Å². The average Bonchev–Trinajstić information content (AvgIpc) is 2.63. The lowest BCUT2D eigenvalue weighted by Crippen LogP contribution is -2.49. The van der Waals surface area contributed by atoms with Gasteiger partial charge in [-0.25, -0.2) is 8.42 Å². The number of carbonyl (C=O) groups is 1. The zero-order chi connectivity index (χ0) is 13.9. The Morgan fingerprint density at radius 3 is 2.53 bits per heavy atom. The number of rotatable bonds is 4. The number of amides is 1. The molecule has 2 N–H and O–H groups in total. The van der Waals surface area contributed by atoms with E-state index in [4.69, 9.17) is 0 Å². The van der Waals surface area contributed by atoms with Crippen LogP contribution in [0.5, 0.6) is 0 Å². The maximum absolute atomic E-state index is 11.8. The third-order valence-corrected chi connectivity index (χ3v) is 6.05. The van der Waals surface area contributed by atoms with E-state index in [1.54, 1.807) is 0 Å². The second kappa shape index (κ2) is 5.79. The first-order valence-electron chi connectivity index (χ1n) is 7.13. The van der Waals surface area contributed by atoms with Gasteiger partial charge in [-0.15, -0.1) is 0 Å². The van der Waals surface area contributed by atoms with E-state index in [1.165, 1.54) is 19.3 Å². The SMILES string of the molecule is CC1(NCC(=O)NC2CCCCC2)CCS(=O)(=O)C1. The van der Waals surface area contributed by atoms with Crippen molar-refractivity contribution < 1.29 is 13.2 Å². The highest BCUT2D eigenvalue weighted by atomic mass is 32.2. The number of hydrogen-bond acceptors (Lipinski definition) is 4. The summed E-state index contributed by atoms with van der Waals surface area (Å²) in [6.45, 7) is 2.09. The lowest BCUT2D eigenvalue weighted by molar-refractivity contribution is -0.121. The number of nitrogens with one attached hydrogen (secondary N) is 2. The van der Waals surface area contributed by atoms with Crippen molar-refractivity contribution >= 4 is 15.7 Å².